The van der Waals surface area contributed by atoms with Crippen LogP contribution >= 0.6 is 0 Å². The first-order chi connectivity index (χ1) is 8.83. The van der Waals surface area contributed by atoms with Crippen molar-refractivity contribution in [2.24, 2.45) is 0 Å². The van der Waals surface area contributed by atoms with Crippen LogP contribution in [0.3, 0.4) is 0 Å². The van der Waals surface area contributed by atoms with Crippen LogP contribution < -0.4 is 5.32 Å². The van der Waals surface area contributed by atoms with Gasteiger partial charge in [-0.2, -0.15) is 5.10 Å². The van der Waals surface area contributed by atoms with Gasteiger partial charge in [0.1, 0.15) is 11.5 Å². The molecule has 2 aromatic rings. The number of fused-ring (bicyclic) bond motifs is 4. The molecule has 2 N–H and O–H groups in total. The monoisotopic (exact) mass is 243 g/mol. The van der Waals surface area contributed by atoms with E-state index in [9.17, 15) is 4.39 Å². The van der Waals surface area contributed by atoms with E-state index in [4.69, 9.17) is 0 Å². The molecule has 1 fully saturated rings. The first kappa shape index (κ1) is 10.3. The van der Waals surface area contributed by atoms with Gasteiger partial charge in [0.05, 0.1) is 0 Å². The molecule has 1 saturated heterocycles. The van der Waals surface area contributed by atoms with Crippen molar-refractivity contribution in [3.8, 4) is 11.3 Å². The van der Waals surface area contributed by atoms with E-state index in [0.717, 1.165) is 18.5 Å². The fraction of sp³-hybridized carbons (Fsp3) is 0.357. The van der Waals surface area contributed by atoms with Gasteiger partial charge in [-0.05, 0) is 25.0 Å². The molecule has 92 valence electrons. The molecule has 0 saturated carbocycles. The lowest BCUT2D eigenvalue weighted by atomic mass is 9.96. The van der Waals surface area contributed by atoms with E-state index >= 15 is 0 Å². The summed E-state index contributed by atoms with van der Waals surface area (Å²) in [5.74, 6) is -0.202. The first-order valence-corrected chi connectivity index (χ1v) is 6.41. The summed E-state index contributed by atoms with van der Waals surface area (Å²) in [5, 5.41) is 11.0. The Morgan fingerprint density at radius 2 is 2.11 bits per heavy atom. The Hall–Kier alpha value is -1.68. The molecule has 18 heavy (non-hydrogen) atoms. The van der Waals surface area contributed by atoms with Crippen LogP contribution in [-0.4, -0.2) is 16.2 Å². The van der Waals surface area contributed by atoms with E-state index in [1.807, 2.05) is 6.07 Å². The van der Waals surface area contributed by atoms with Crippen LogP contribution in [0.4, 0.5) is 4.39 Å². The standard InChI is InChI=1S/C14H14FN3/c15-10-4-2-1-3-9(10)14-13-11-6-5-8(16-11)7-12(13)17-18-14/h1-4,8,11,16H,5-7H2,(H,17,18)/t8-,11-/m0/s1. The second kappa shape index (κ2) is 3.65. The van der Waals surface area contributed by atoms with E-state index in [-0.39, 0.29) is 5.82 Å². The summed E-state index contributed by atoms with van der Waals surface area (Å²) in [6, 6.07) is 7.76. The normalized spacial score (nSPS) is 25.2. The number of rotatable bonds is 1. The highest BCUT2D eigenvalue weighted by Crippen LogP contribution is 2.40. The summed E-state index contributed by atoms with van der Waals surface area (Å²) in [4.78, 5) is 0. The summed E-state index contributed by atoms with van der Waals surface area (Å²) in [7, 11) is 0. The van der Waals surface area contributed by atoms with Crippen molar-refractivity contribution >= 4 is 0 Å². The number of aromatic nitrogens is 2. The summed E-state index contributed by atoms with van der Waals surface area (Å²) in [6.45, 7) is 0. The number of hydrogen-bond acceptors (Lipinski definition) is 2. The van der Waals surface area contributed by atoms with Gasteiger partial charge in [-0.15, -0.1) is 0 Å². The fourth-order valence-corrected chi connectivity index (χ4v) is 3.23. The Kier molecular flexibility index (Phi) is 2.08. The molecule has 2 bridgehead atoms. The minimum Gasteiger partial charge on any atom is -0.307 e. The van der Waals surface area contributed by atoms with Gasteiger partial charge in [0, 0.05) is 35.3 Å². The van der Waals surface area contributed by atoms with E-state index in [1.54, 1.807) is 12.1 Å². The number of nitrogens with zero attached hydrogens (tertiary/aromatic N) is 1. The molecule has 2 aliphatic heterocycles. The number of benzene rings is 1. The van der Waals surface area contributed by atoms with Crippen molar-refractivity contribution in [1.29, 1.82) is 0 Å². The molecule has 0 radical (unpaired) electrons. The molecule has 0 unspecified atom stereocenters. The Morgan fingerprint density at radius 3 is 3.00 bits per heavy atom. The van der Waals surface area contributed by atoms with Crippen molar-refractivity contribution in [3.05, 3.63) is 41.3 Å². The average Bonchev–Trinajstić information content (AvgIpc) is 2.96. The summed E-state index contributed by atoms with van der Waals surface area (Å²) >= 11 is 0. The Balaban J connectivity index is 1.89. The van der Waals surface area contributed by atoms with Crippen LogP contribution in [0.1, 0.15) is 30.1 Å². The highest BCUT2D eigenvalue weighted by atomic mass is 19.1. The van der Waals surface area contributed by atoms with Gasteiger partial charge in [-0.3, -0.25) is 5.10 Å². The molecule has 4 rings (SSSR count). The molecule has 0 aliphatic carbocycles. The van der Waals surface area contributed by atoms with Gasteiger partial charge < -0.3 is 5.32 Å². The maximum absolute atomic E-state index is 13.9. The molecule has 3 heterocycles. The largest absolute Gasteiger partial charge is 0.307 e. The van der Waals surface area contributed by atoms with Crippen molar-refractivity contribution < 1.29 is 4.39 Å². The lowest BCUT2D eigenvalue weighted by Crippen LogP contribution is -2.31. The Bertz CT molecular complexity index is 605. The zero-order chi connectivity index (χ0) is 12.1. The molecular formula is C14H14FN3. The van der Waals surface area contributed by atoms with E-state index in [1.165, 1.54) is 23.7 Å². The second-order valence-corrected chi connectivity index (χ2v) is 5.14. The lowest BCUT2D eigenvalue weighted by Gasteiger charge is -2.21. The summed E-state index contributed by atoms with van der Waals surface area (Å²) in [6.07, 6.45) is 3.30. The van der Waals surface area contributed by atoms with Gasteiger partial charge in [0.25, 0.3) is 0 Å². The molecule has 1 aromatic carbocycles. The van der Waals surface area contributed by atoms with Crippen molar-refractivity contribution in [1.82, 2.24) is 15.5 Å². The van der Waals surface area contributed by atoms with Crippen LogP contribution in [0.2, 0.25) is 0 Å². The third-order valence-electron chi connectivity index (χ3n) is 4.05. The van der Waals surface area contributed by atoms with Gasteiger partial charge in [-0.25, -0.2) is 4.39 Å². The molecule has 2 atom stereocenters. The minimum absolute atomic E-state index is 0.202. The van der Waals surface area contributed by atoms with E-state index in [0.29, 0.717) is 17.6 Å². The SMILES string of the molecule is Fc1ccccc1-c1n[nH]c2c1[C@@H]1CC[C@@H](C2)N1. The molecule has 3 nitrogen and oxygen atoms in total. The van der Waals surface area contributed by atoms with E-state index < -0.39 is 0 Å². The molecule has 1 aromatic heterocycles. The third kappa shape index (κ3) is 1.35. The van der Waals surface area contributed by atoms with Crippen LogP contribution in [0.5, 0.6) is 0 Å². The summed E-state index contributed by atoms with van der Waals surface area (Å²) in [5.41, 5.74) is 3.73. The van der Waals surface area contributed by atoms with Crippen molar-refractivity contribution in [2.45, 2.75) is 31.3 Å². The lowest BCUT2D eigenvalue weighted by molar-refractivity contribution is 0.511. The van der Waals surface area contributed by atoms with Crippen molar-refractivity contribution in [3.63, 3.8) is 0 Å². The maximum Gasteiger partial charge on any atom is 0.132 e. The molecule has 0 spiro atoms. The fourth-order valence-electron chi connectivity index (χ4n) is 3.23. The zero-order valence-electron chi connectivity index (χ0n) is 9.91. The van der Waals surface area contributed by atoms with Gasteiger partial charge in [-0.1, -0.05) is 12.1 Å². The third-order valence-corrected chi connectivity index (χ3v) is 4.05. The predicted molar refractivity (Wildman–Crippen MR) is 66.6 cm³/mol. The molecule has 0 amide bonds. The highest BCUT2D eigenvalue weighted by Gasteiger charge is 2.36. The first-order valence-electron chi connectivity index (χ1n) is 6.41. The van der Waals surface area contributed by atoms with E-state index in [2.05, 4.69) is 15.5 Å². The van der Waals surface area contributed by atoms with Gasteiger partial charge in [0.15, 0.2) is 0 Å². The topological polar surface area (TPSA) is 40.7 Å². The minimum atomic E-state index is -0.202. The van der Waals surface area contributed by atoms with Crippen LogP contribution in [0.25, 0.3) is 11.3 Å². The number of H-pyrrole nitrogens is 1. The zero-order valence-corrected chi connectivity index (χ0v) is 9.91. The second-order valence-electron chi connectivity index (χ2n) is 5.14. The van der Waals surface area contributed by atoms with Gasteiger partial charge in [0.2, 0.25) is 0 Å². The number of halogens is 1. The molecule has 2 aliphatic rings. The van der Waals surface area contributed by atoms with Gasteiger partial charge >= 0.3 is 0 Å². The maximum atomic E-state index is 13.9. The van der Waals surface area contributed by atoms with Crippen LogP contribution in [-0.2, 0) is 6.42 Å². The smallest absolute Gasteiger partial charge is 0.132 e. The Labute approximate surface area is 104 Å². The number of aromatic amines is 1. The van der Waals surface area contributed by atoms with Crippen LogP contribution in [0.15, 0.2) is 24.3 Å². The Morgan fingerprint density at radius 1 is 1.22 bits per heavy atom. The number of nitrogens with one attached hydrogen (secondary N) is 2. The van der Waals surface area contributed by atoms with Crippen molar-refractivity contribution in [2.75, 3.05) is 0 Å². The molecule has 4 heteroatoms. The average molecular weight is 243 g/mol. The van der Waals surface area contributed by atoms with Crippen LogP contribution in [0, 0.1) is 5.82 Å². The highest BCUT2D eigenvalue weighted by molar-refractivity contribution is 5.66. The summed E-state index contributed by atoms with van der Waals surface area (Å²) < 4.78 is 13.9. The predicted octanol–water partition coefficient (Wildman–Crippen LogP) is 2.57. The molecular weight excluding hydrogens is 229 g/mol. The quantitative estimate of drug-likeness (QED) is 0.808. The number of hydrogen-bond donors (Lipinski definition) is 2.